The number of para-hydroxylation sites is 1. The molecule has 0 amide bonds. The molecular formula is C15H20N6. The highest BCUT2D eigenvalue weighted by molar-refractivity contribution is 5.83. The van der Waals surface area contributed by atoms with E-state index in [-0.39, 0.29) is 0 Å². The molecule has 0 bridgehead atoms. The minimum Gasteiger partial charge on any atom is -0.369 e. The minimum absolute atomic E-state index is 0.433. The van der Waals surface area contributed by atoms with Crippen LogP contribution in [-0.4, -0.2) is 59.0 Å². The maximum absolute atomic E-state index is 6.10. The zero-order valence-electron chi connectivity index (χ0n) is 12.5. The van der Waals surface area contributed by atoms with E-state index in [1.807, 2.05) is 31.2 Å². The number of piperazine rings is 1. The van der Waals surface area contributed by atoms with Gasteiger partial charge in [-0.25, -0.2) is 9.97 Å². The van der Waals surface area contributed by atoms with Crippen LogP contribution in [0.1, 0.15) is 5.69 Å². The van der Waals surface area contributed by atoms with E-state index in [0.29, 0.717) is 11.9 Å². The van der Waals surface area contributed by atoms with E-state index in [1.54, 1.807) is 0 Å². The second kappa shape index (κ2) is 5.65. The predicted octanol–water partition coefficient (Wildman–Crippen LogP) is 1.13. The number of benzene rings is 1. The van der Waals surface area contributed by atoms with Crippen LogP contribution in [0.25, 0.3) is 10.9 Å². The van der Waals surface area contributed by atoms with Gasteiger partial charge in [0.25, 0.3) is 5.95 Å². The highest BCUT2D eigenvalue weighted by Crippen LogP contribution is 2.18. The van der Waals surface area contributed by atoms with Crippen molar-refractivity contribution in [1.29, 1.82) is 0 Å². The Kier molecular flexibility index (Phi) is 3.70. The number of nitrogens with zero attached hydrogens (tertiary/aromatic N) is 5. The summed E-state index contributed by atoms with van der Waals surface area (Å²) >= 11 is 0. The number of rotatable bonds is 1. The standard InChI is InChI=1S/C15H20N6/c1-11-12-5-3-4-6-13(12)18-15(17-11)19-14(16)21-9-7-20(2)8-10-21/h3-6H,7-10H2,1-2H3,(H2,16,17,18,19). The maximum Gasteiger partial charge on any atom is 0.253 e. The minimum atomic E-state index is 0.433. The number of aromatic nitrogens is 2. The molecular weight excluding hydrogens is 264 g/mol. The fourth-order valence-electron chi connectivity index (χ4n) is 2.48. The van der Waals surface area contributed by atoms with Gasteiger partial charge in [-0.05, 0) is 20.0 Å². The fraction of sp³-hybridized carbons (Fsp3) is 0.400. The summed E-state index contributed by atoms with van der Waals surface area (Å²) in [6.45, 7) is 5.73. The van der Waals surface area contributed by atoms with E-state index in [0.717, 1.165) is 42.8 Å². The van der Waals surface area contributed by atoms with Gasteiger partial charge in [-0.2, -0.15) is 4.99 Å². The van der Waals surface area contributed by atoms with Crippen LogP contribution in [0.2, 0.25) is 0 Å². The average molecular weight is 284 g/mol. The molecule has 2 heterocycles. The first-order chi connectivity index (χ1) is 10.1. The summed E-state index contributed by atoms with van der Waals surface area (Å²) in [4.78, 5) is 17.7. The molecule has 6 nitrogen and oxygen atoms in total. The first kappa shape index (κ1) is 13.8. The third-order valence-corrected chi connectivity index (χ3v) is 3.82. The van der Waals surface area contributed by atoms with Crippen LogP contribution >= 0.6 is 0 Å². The Labute approximate surface area is 124 Å². The Morgan fingerprint density at radius 1 is 1.14 bits per heavy atom. The number of aliphatic imine (C=N–C) groups is 1. The lowest BCUT2D eigenvalue weighted by Crippen LogP contribution is -2.49. The fourth-order valence-corrected chi connectivity index (χ4v) is 2.48. The molecule has 1 aromatic heterocycles. The molecule has 2 N–H and O–H groups in total. The lowest BCUT2D eigenvalue weighted by atomic mass is 10.2. The second-order valence-electron chi connectivity index (χ2n) is 5.39. The Bertz CT molecular complexity index is 673. The summed E-state index contributed by atoms with van der Waals surface area (Å²) in [5.74, 6) is 0.931. The molecule has 0 saturated carbocycles. The highest BCUT2D eigenvalue weighted by atomic mass is 15.3. The van der Waals surface area contributed by atoms with E-state index < -0.39 is 0 Å². The van der Waals surface area contributed by atoms with Gasteiger partial charge in [0.1, 0.15) is 0 Å². The third-order valence-electron chi connectivity index (χ3n) is 3.82. The summed E-state index contributed by atoms with van der Waals surface area (Å²) in [6.07, 6.45) is 0. The van der Waals surface area contributed by atoms with Crippen LogP contribution < -0.4 is 5.73 Å². The third kappa shape index (κ3) is 2.95. The van der Waals surface area contributed by atoms with Crippen LogP contribution in [-0.2, 0) is 0 Å². The van der Waals surface area contributed by atoms with Gasteiger partial charge in [0.2, 0.25) is 0 Å². The first-order valence-electron chi connectivity index (χ1n) is 7.14. The zero-order valence-corrected chi connectivity index (χ0v) is 12.5. The summed E-state index contributed by atoms with van der Waals surface area (Å²) in [5, 5.41) is 1.05. The van der Waals surface area contributed by atoms with E-state index in [2.05, 4.69) is 31.8 Å². The van der Waals surface area contributed by atoms with Gasteiger partial charge in [0.15, 0.2) is 5.96 Å². The molecule has 0 aliphatic carbocycles. The van der Waals surface area contributed by atoms with E-state index in [4.69, 9.17) is 5.73 Å². The highest BCUT2D eigenvalue weighted by Gasteiger charge is 2.16. The predicted molar refractivity (Wildman–Crippen MR) is 84.6 cm³/mol. The van der Waals surface area contributed by atoms with Gasteiger partial charge in [0, 0.05) is 31.6 Å². The van der Waals surface area contributed by atoms with Crippen molar-refractivity contribution in [2.24, 2.45) is 10.7 Å². The number of aryl methyl sites for hydroxylation is 1. The molecule has 6 heteroatoms. The van der Waals surface area contributed by atoms with Crippen molar-refractivity contribution in [1.82, 2.24) is 19.8 Å². The smallest absolute Gasteiger partial charge is 0.253 e. The van der Waals surface area contributed by atoms with E-state index in [1.165, 1.54) is 0 Å². The lowest BCUT2D eigenvalue weighted by Gasteiger charge is -2.32. The van der Waals surface area contributed by atoms with Gasteiger partial charge in [0.05, 0.1) is 11.2 Å². The SMILES string of the molecule is Cc1nc(N=C(N)N2CCN(C)CC2)nc2ccccc12. The largest absolute Gasteiger partial charge is 0.369 e. The maximum atomic E-state index is 6.10. The first-order valence-corrected chi connectivity index (χ1v) is 7.14. The molecule has 0 spiro atoms. The molecule has 3 rings (SSSR count). The summed E-state index contributed by atoms with van der Waals surface area (Å²) in [6, 6.07) is 7.93. The number of hydrogen-bond donors (Lipinski definition) is 1. The Morgan fingerprint density at radius 2 is 1.86 bits per heavy atom. The number of hydrogen-bond acceptors (Lipinski definition) is 4. The average Bonchev–Trinajstić information content (AvgIpc) is 2.48. The molecule has 0 radical (unpaired) electrons. The van der Waals surface area contributed by atoms with Crippen molar-refractivity contribution in [3.63, 3.8) is 0 Å². The number of guanidine groups is 1. The van der Waals surface area contributed by atoms with E-state index >= 15 is 0 Å². The summed E-state index contributed by atoms with van der Waals surface area (Å²) in [7, 11) is 2.11. The van der Waals surface area contributed by atoms with Crippen LogP contribution in [0.3, 0.4) is 0 Å². The lowest BCUT2D eigenvalue weighted by molar-refractivity contribution is 0.214. The Balaban J connectivity index is 1.88. The van der Waals surface area contributed by atoms with Crippen LogP contribution in [0, 0.1) is 6.92 Å². The summed E-state index contributed by atoms with van der Waals surface area (Å²) in [5.41, 5.74) is 7.92. The number of nitrogens with two attached hydrogens (primary N) is 1. The summed E-state index contributed by atoms with van der Waals surface area (Å²) < 4.78 is 0. The van der Waals surface area contributed by atoms with Crippen molar-refractivity contribution < 1.29 is 0 Å². The van der Waals surface area contributed by atoms with Gasteiger partial charge in [-0.3, -0.25) is 0 Å². The molecule has 0 unspecified atom stereocenters. The van der Waals surface area contributed by atoms with Crippen molar-refractivity contribution in [2.45, 2.75) is 6.92 Å². The Hall–Kier alpha value is -2.21. The molecule has 1 fully saturated rings. The van der Waals surface area contributed by atoms with Gasteiger partial charge >= 0.3 is 0 Å². The van der Waals surface area contributed by atoms with Crippen LogP contribution in [0.4, 0.5) is 5.95 Å². The molecule has 1 aliphatic rings. The van der Waals surface area contributed by atoms with Crippen LogP contribution in [0.5, 0.6) is 0 Å². The number of likely N-dealkylation sites (N-methyl/N-ethyl adjacent to an activating group) is 1. The van der Waals surface area contributed by atoms with Gasteiger partial charge in [-0.1, -0.05) is 18.2 Å². The Morgan fingerprint density at radius 3 is 2.62 bits per heavy atom. The van der Waals surface area contributed by atoms with Crippen molar-refractivity contribution in [3.8, 4) is 0 Å². The zero-order chi connectivity index (χ0) is 14.8. The van der Waals surface area contributed by atoms with E-state index in [9.17, 15) is 0 Å². The molecule has 0 atom stereocenters. The molecule has 1 saturated heterocycles. The van der Waals surface area contributed by atoms with Gasteiger partial charge in [-0.15, -0.1) is 0 Å². The quantitative estimate of drug-likeness (QED) is 0.628. The second-order valence-corrected chi connectivity index (χ2v) is 5.39. The molecule has 21 heavy (non-hydrogen) atoms. The van der Waals surface area contributed by atoms with Crippen molar-refractivity contribution >= 4 is 22.8 Å². The number of fused-ring (bicyclic) bond motifs is 1. The topological polar surface area (TPSA) is 70.6 Å². The molecule has 110 valence electrons. The van der Waals surface area contributed by atoms with Crippen molar-refractivity contribution in [2.75, 3.05) is 33.2 Å². The van der Waals surface area contributed by atoms with Crippen molar-refractivity contribution in [3.05, 3.63) is 30.0 Å². The monoisotopic (exact) mass is 284 g/mol. The molecule has 1 aliphatic heterocycles. The normalized spacial score (nSPS) is 17.4. The molecule has 1 aromatic carbocycles. The van der Waals surface area contributed by atoms with Gasteiger partial charge < -0.3 is 15.5 Å². The van der Waals surface area contributed by atoms with Crippen LogP contribution in [0.15, 0.2) is 29.3 Å². The molecule has 2 aromatic rings.